The summed E-state index contributed by atoms with van der Waals surface area (Å²) in [5, 5.41) is 1.22. The van der Waals surface area contributed by atoms with E-state index in [2.05, 4.69) is 0 Å². The number of aromatic nitrogens is 1. The maximum Gasteiger partial charge on any atom is 0.265 e. The third kappa shape index (κ3) is 3.88. The SMILES string of the molecule is CCN1C(=O)C(=Cc2ccc3c(ccn3Cc3cccc(F)c3)c2)C(=O)N(CC)C1=S. The highest BCUT2D eigenvalue weighted by molar-refractivity contribution is 7.80. The van der Waals surface area contributed by atoms with Gasteiger partial charge in [-0.1, -0.05) is 18.2 Å². The molecule has 2 amide bonds. The molecular formula is C24H22FN3O2S. The predicted molar refractivity (Wildman–Crippen MR) is 123 cm³/mol. The molecule has 158 valence electrons. The summed E-state index contributed by atoms with van der Waals surface area (Å²) in [5.74, 6) is -0.997. The Morgan fingerprint density at radius 2 is 1.68 bits per heavy atom. The van der Waals surface area contributed by atoms with Crippen LogP contribution < -0.4 is 0 Å². The Labute approximate surface area is 185 Å². The van der Waals surface area contributed by atoms with Crippen LogP contribution in [0, 0.1) is 5.82 Å². The number of amides is 2. The summed E-state index contributed by atoms with van der Waals surface area (Å²) >= 11 is 5.30. The predicted octanol–water partition coefficient (Wildman–Crippen LogP) is 4.21. The first-order valence-corrected chi connectivity index (χ1v) is 10.6. The molecule has 1 saturated heterocycles. The second kappa shape index (κ2) is 8.43. The van der Waals surface area contributed by atoms with Gasteiger partial charge in [0.25, 0.3) is 11.8 Å². The lowest BCUT2D eigenvalue weighted by Gasteiger charge is -2.35. The van der Waals surface area contributed by atoms with Crippen LogP contribution in [0.4, 0.5) is 4.39 Å². The Morgan fingerprint density at radius 1 is 0.968 bits per heavy atom. The Hall–Kier alpha value is -3.32. The number of hydrogen-bond acceptors (Lipinski definition) is 3. The summed E-state index contributed by atoms with van der Waals surface area (Å²) in [6, 6.07) is 14.2. The third-order valence-electron chi connectivity index (χ3n) is 5.39. The van der Waals surface area contributed by atoms with E-state index < -0.39 is 0 Å². The van der Waals surface area contributed by atoms with E-state index in [1.54, 1.807) is 12.1 Å². The fourth-order valence-corrected chi connectivity index (χ4v) is 4.25. The molecule has 1 aliphatic heterocycles. The van der Waals surface area contributed by atoms with E-state index in [9.17, 15) is 14.0 Å². The van der Waals surface area contributed by atoms with Gasteiger partial charge in [-0.2, -0.15) is 0 Å². The maximum atomic E-state index is 13.5. The van der Waals surface area contributed by atoms with Crippen LogP contribution in [0.1, 0.15) is 25.0 Å². The largest absolute Gasteiger partial charge is 0.343 e. The average Bonchev–Trinajstić information content (AvgIpc) is 3.14. The van der Waals surface area contributed by atoms with Gasteiger partial charge in [0.1, 0.15) is 11.4 Å². The van der Waals surface area contributed by atoms with E-state index in [4.69, 9.17) is 12.2 Å². The normalized spacial score (nSPS) is 14.7. The fraction of sp³-hybridized carbons (Fsp3) is 0.208. The van der Waals surface area contributed by atoms with Crippen LogP contribution in [0.5, 0.6) is 0 Å². The van der Waals surface area contributed by atoms with Crippen molar-refractivity contribution >= 4 is 46.1 Å². The van der Waals surface area contributed by atoms with Gasteiger partial charge in [-0.3, -0.25) is 19.4 Å². The zero-order valence-electron chi connectivity index (χ0n) is 17.3. The number of nitrogens with zero attached hydrogens (tertiary/aromatic N) is 3. The summed E-state index contributed by atoms with van der Waals surface area (Å²) in [4.78, 5) is 28.5. The first kappa shape index (κ1) is 20.9. The van der Waals surface area contributed by atoms with Crippen molar-refractivity contribution in [3.05, 3.63) is 77.2 Å². The van der Waals surface area contributed by atoms with Gasteiger partial charge >= 0.3 is 0 Å². The number of carbonyl (C=O) groups excluding carboxylic acids is 2. The molecule has 31 heavy (non-hydrogen) atoms. The molecule has 0 spiro atoms. The molecular weight excluding hydrogens is 413 g/mol. The first-order valence-electron chi connectivity index (χ1n) is 10.2. The molecule has 0 bridgehead atoms. The monoisotopic (exact) mass is 435 g/mol. The second-order valence-corrected chi connectivity index (χ2v) is 7.70. The van der Waals surface area contributed by atoms with E-state index in [1.165, 1.54) is 21.9 Å². The molecule has 1 aromatic heterocycles. The molecule has 1 aliphatic rings. The number of carbonyl (C=O) groups is 2. The van der Waals surface area contributed by atoms with Crippen LogP contribution in [-0.4, -0.2) is 44.4 Å². The maximum absolute atomic E-state index is 13.5. The van der Waals surface area contributed by atoms with Crippen LogP contribution in [-0.2, 0) is 16.1 Å². The zero-order chi connectivity index (χ0) is 22.1. The van der Waals surface area contributed by atoms with E-state index in [0.717, 1.165) is 22.0 Å². The molecule has 1 fully saturated rings. The van der Waals surface area contributed by atoms with Crippen molar-refractivity contribution in [3.8, 4) is 0 Å². The standard InChI is InChI=1S/C24H22FN3O2S/c1-3-27-22(29)20(23(30)28(4-2)24(27)31)14-16-8-9-21-18(12-16)10-11-26(21)15-17-6-5-7-19(25)13-17/h5-14H,3-4,15H2,1-2H3. The highest BCUT2D eigenvalue weighted by Gasteiger charge is 2.37. The molecule has 0 aliphatic carbocycles. The molecule has 0 radical (unpaired) electrons. The molecule has 2 aromatic carbocycles. The topological polar surface area (TPSA) is 45.6 Å². The minimum atomic E-state index is -0.369. The van der Waals surface area contributed by atoms with Gasteiger partial charge in [-0.15, -0.1) is 0 Å². The van der Waals surface area contributed by atoms with Crippen LogP contribution in [0.25, 0.3) is 17.0 Å². The molecule has 7 heteroatoms. The molecule has 0 atom stereocenters. The van der Waals surface area contributed by atoms with Gasteiger partial charge in [-0.05, 0) is 73.6 Å². The van der Waals surface area contributed by atoms with Gasteiger partial charge < -0.3 is 4.57 Å². The smallest absolute Gasteiger partial charge is 0.265 e. The average molecular weight is 436 g/mol. The Balaban J connectivity index is 1.67. The number of hydrogen-bond donors (Lipinski definition) is 0. The molecule has 2 heterocycles. The van der Waals surface area contributed by atoms with Crippen molar-refractivity contribution in [1.29, 1.82) is 0 Å². The van der Waals surface area contributed by atoms with Gasteiger partial charge in [0.05, 0.1) is 0 Å². The minimum absolute atomic E-state index is 0.107. The number of benzene rings is 2. The summed E-state index contributed by atoms with van der Waals surface area (Å²) in [7, 11) is 0. The number of halogens is 1. The third-order valence-corrected chi connectivity index (χ3v) is 5.83. The summed E-state index contributed by atoms with van der Waals surface area (Å²) in [6.45, 7) is 5.02. The molecule has 0 N–H and O–H groups in total. The minimum Gasteiger partial charge on any atom is -0.343 e. The number of rotatable bonds is 5. The summed E-state index contributed by atoms with van der Waals surface area (Å²) in [5.41, 5.74) is 2.72. The van der Waals surface area contributed by atoms with Gasteiger partial charge in [0.15, 0.2) is 5.11 Å². The number of likely N-dealkylation sites (N-methyl/N-ethyl adjacent to an activating group) is 2. The molecule has 4 rings (SSSR count). The van der Waals surface area contributed by atoms with Crippen LogP contribution >= 0.6 is 12.2 Å². The molecule has 3 aromatic rings. The first-order chi connectivity index (χ1) is 14.9. The van der Waals surface area contributed by atoms with Gasteiger partial charge in [0.2, 0.25) is 0 Å². The highest BCUT2D eigenvalue weighted by Crippen LogP contribution is 2.24. The van der Waals surface area contributed by atoms with Crippen molar-refractivity contribution in [2.45, 2.75) is 20.4 Å². The second-order valence-electron chi connectivity index (χ2n) is 7.33. The fourth-order valence-electron chi connectivity index (χ4n) is 3.83. The van der Waals surface area contributed by atoms with Crippen LogP contribution in [0.15, 0.2) is 60.3 Å². The lowest BCUT2D eigenvalue weighted by molar-refractivity contribution is -0.133. The zero-order valence-corrected chi connectivity index (χ0v) is 18.2. The molecule has 5 nitrogen and oxygen atoms in total. The van der Waals surface area contributed by atoms with E-state index >= 15 is 0 Å². The van der Waals surface area contributed by atoms with Crippen LogP contribution in [0.2, 0.25) is 0 Å². The number of fused-ring (bicyclic) bond motifs is 1. The van der Waals surface area contributed by atoms with Gasteiger partial charge in [0, 0.05) is 36.7 Å². The van der Waals surface area contributed by atoms with Crippen molar-refractivity contribution in [2.75, 3.05) is 13.1 Å². The lowest BCUT2D eigenvalue weighted by Crippen LogP contribution is -2.55. The van der Waals surface area contributed by atoms with E-state index in [-0.39, 0.29) is 28.3 Å². The Morgan fingerprint density at radius 3 is 2.32 bits per heavy atom. The quantitative estimate of drug-likeness (QED) is 0.343. The summed E-state index contributed by atoms with van der Waals surface area (Å²) < 4.78 is 15.5. The van der Waals surface area contributed by atoms with Crippen molar-refractivity contribution in [3.63, 3.8) is 0 Å². The number of thiocarbonyl (C=S) groups is 1. The van der Waals surface area contributed by atoms with Crippen molar-refractivity contribution < 1.29 is 14.0 Å². The van der Waals surface area contributed by atoms with E-state index in [1.807, 2.05) is 54.9 Å². The Kier molecular flexibility index (Phi) is 5.69. The van der Waals surface area contributed by atoms with Crippen LogP contribution in [0.3, 0.4) is 0 Å². The van der Waals surface area contributed by atoms with Gasteiger partial charge in [-0.25, -0.2) is 4.39 Å². The lowest BCUT2D eigenvalue weighted by atomic mass is 10.1. The molecule has 0 saturated carbocycles. The van der Waals surface area contributed by atoms with Crippen molar-refractivity contribution in [2.24, 2.45) is 0 Å². The summed E-state index contributed by atoms with van der Waals surface area (Å²) in [6.07, 6.45) is 3.57. The highest BCUT2D eigenvalue weighted by atomic mass is 32.1. The Bertz CT molecular complexity index is 1200. The van der Waals surface area contributed by atoms with Crippen molar-refractivity contribution in [1.82, 2.24) is 14.4 Å². The molecule has 0 unspecified atom stereocenters. The van der Waals surface area contributed by atoms with E-state index in [0.29, 0.717) is 19.6 Å².